The molecule has 2 heterocycles. The first-order valence-corrected chi connectivity index (χ1v) is 11.5. The lowest BCUT2D eigenvalue weighted by atomic mass is 10.0. The molecule has 166 valence electrons. The van der Waals surface area contributed by atoms with Crippen molar-refractivity contribution in [1.82, 2.24) is 10.1 Å². The number of aromatic amines is 1. The van der Waals surface area contributed by atoms with Gasteiger partial charge < -0.3 is 9.47 Å². The zero-order chi connectivity index (χ0) is 23.0. The molecule has 1 amide bonds. The van der Waals surface area contributed by atoms with Crippen molar-refractivity contribution in [2.75, 3.05) is 25.4 Å². The summed E-state index contributed by atoms with van der Waals surface area (Å²) in [5, 5.41) is 5.41. The summed E-state index contributed by atoms with van der Waals surface area (Å²) >= 11 is 7.81. The minimum absolute atomic E-state index is 0.126. The second-order valence-corrected chi connectivity index (χ2v) is 8.21. The quantitative estimate of drug-likeness (QED) is 0.451. The predicted octanol–water partition coefficient (Wildman–Crippen LogP) is 3.42. The molecule has 1 aliphatic heterocycles. The first-order chi connectivity index (χ1) is 15.4. The maximum absolute atomic E-state index is 13.2. The van der Waals surface area contributed by atoms with E-state index in [-0.39, 0.29) is 17.9 Å². The van der Waals surface area contributed by atoms with Crippen molar-refractivity contribution in [2.45, 2.75) is 24.7 Å². The molecule has 0 radical (unpaired) electrons. The molecule has 2 aromatic carbocycles. The SMILES string of the molecule is CCC(=O)N1c2ccccc2-c2c(=O)[nH]c(SC)n[n+]2C1c1cc(Cl)c(OC)c(OC)c1. The van der Waals surface area contributed by atoms with E-state index in [1.54, 1.807) is 28.6 Å². The van der Waals surface area contributed by atoms with Crippen LogP contribution in [0.4, 0.5) is 5.69 Å². The number of aromatic nitrogens is 3. The van der Waals surface area contributed by atoms with E-state index in [2.05, 4.69) is 10.1 Å². The molecule has 1 aliphatic rings. The number of amides is 1. The molecule has 32 heavy (non-hydrogen) atoms. The van der Waals surface area contributed by atoms with E-state index in [1.165, 1.54) is 26.0 Å². The van der Waals surface area contributed by atoms with Crippen molar-refractivity contribution in [3.8, 4) is 22.8 Å². The second-order valence-electron chi connectivity index (χ2n) is 7.00. The van der Waals surface area contributed by atoms with Crippen LogP contribution in [0.15, 0.2) is 46.3 Å². The molecule has 10 heteroatoms. The smallest absolute Gasteiger partial charge is 0.325 e. The van der Waals surface area contributed by atoms with Gasteiger partial charge in [0.2, 0.25) is 11.1 Å². The summed E-state index contributed by atoms with van der Waals surface area (Å²) in [5.41, 5.74) is 1.93. The number of anilines is 1. The molecule has 1 N–H and O–H groups in total. The fourth-order valence-corrected chi connectivity index (χ4v) is 4.55. The maximum Gasteiger partial charge on any atom is 0.325 e. The molecule has 0 saturated carbocycles. The number of ether oxygens (including phenoxy) is 2. The molecule has 4 rings (SSSR count). The number of fused-ring (bicyclic) bond motifs is 3. The minimum atomic E-state index is -0.752. The molecule has 1 aromatic heterocycles. The summed E-state index contributed by atoms with van der Waals surface area (Å²) in [4.78, 5) is 30.8. The van der Waals surface area contributed by atoms with Gasteiger partial charge in [-0.05, 0) is 35.2 Å². The number of carbonyl (C=O) groups is 1. The van der Waals surface area contributed by atoms with Gasteiger partial charge in [-0.15, -0.1) is 0 Å². The first kappa shape index (κ1) is 22.2. The van der Waals surface area contributed by atoms with Crippen molar-refractivity contribution in [1.29, 1.82) is 0 Å². The topological polar surface area (TPSA) is 88.4 Å². The number of benzene rings is 2. The van der Waals surface area contributed by atoms with Gasteiger partial charge >= 0.3 is 11.3 Å². The summed E-state index contributed by atoms with van der Waals surface area (Å²) in [6, 6.07) is 10.7. The summed E-state index contributed by atoms with van der Waals surface area (Å²) in [5.74, 6) is 0.672. The van der Waals surface area contributed by atoms with Crippen LogP contribution in [0.25, 0.3) is 11.3 Å². The average Bonchev–Trinajstić information content (AvgIpc) is 2.81. The van der Waals surface area contributed by atoms with Crippen molar-refractivity contribution in [3.05, 3.63) is 57.3 Å². The van der Waals surface area contributed by atoms with Crippen LogP contribution >= 0.6 is 23.4 Å². The number of para-hydroxylation sites is 1. The van der Waals surface area contributed by atoms with Gasteiger partial charge in [0.15, 0.2) is 11.5 Å². The Morgan fingerprint density at radius 2 is 2.03 bits per heavy atom. The highest BCUT2D eigenvalue weighted by Crippen LogP contribution is 2.42. The molecule has 8 nitrogen and oxygen atoms in total. The lowest BCUT2D eigenvalue weighted by Gasteiger charge is -2.32. The Kier molecular flexibility index (Phi) is 6.12. The molecule has 1 atom stereocenters. The molecule has 0 bridgehead atoms. The number of thioether (sulfide) groups is 1. The highest BCUT2D eigenvalue weighted by Gasteiger charge is 2.45. The zero-order valence-corrected chi connectivity index (χ0v) is 19.6. The predicted molar refractivity (Wildman–Crippen MR) is 123 cm³/mol. The van der Waals surface area contributed by atoms with E-state index in [1.807, 2.05) is 30.5 Å². The molecule has 0 fully saturated rings. The van der Waals surface area contributed by atoms with E-state index in [4.69, 9.17) is 21.1 Å². The third-order valence-electron chi connectivity index (χ3n) is 5.28. The van der Waals surface area contributed by atoms with Gasteiger partial charge in [-0.3, -0.25) is 14.6 Å². The van der Waals surface area contributed by atoms with Crippen LogP contribution in [-0.2, 0) is 4.79 Å². The van der Waals surface area contributed by atoms with Crippen LogP contribution in [0.3, 0.4) is 0 Å². The van der Waals surface area contributed by atoms with Crippen LogP contribution in [-0.4, -0.2) is 36.5 Å². The van der Waals surface area contributed by atoms with Crippen molar-refractivity contribution in [3.63, 3.8) is 0 Å². The summed E-state index contributed by atoms with van der Waals surface area (Å²) in [7, 11) is 3.02. The molecule has 0 spiro atoms. The number of nitrogens with zero attached hydrogens (tertiary/aromatic N) is 3. The van der Waals surface area contributed by atoms with Crippen molar-refractivity contribution in [2.24, 2.45) is 0 Å². The highest BCUT2D eigenvalue weighted by molar-refractivity contribution is 7.98. The average molecular weight is 474 g/mol. The Labute approximate surface area is 194 Å². The molecule has 0 saturated heterocycles. The molecule has 3 aromatic rings. The number of rotatable bonds is 5. The van der Waals surface area contributed by atoms with Crippen molar-refractivity contribution >= 4 is 35.0 Å². The van der Waals surface area contributed by atoms with Crippen molar-refractivity contribution < 1.29 is 19.0 Å². The Balaban J connectivity index is 2.09. The fourth-order valence-electron chi connectivity index (χ4n) is 3.89. The summed E-state index contributed by atoms with van der Waals surface area (Å²) < 4.78 is 12.4. The third-order valence-corrected chi connectivity index (χ3v) is 6.13. The zero-order valence-electron chi connectivity index (χ0n) is 18.0. The number of methoxy groups -OCH3 is 2. The van der Waals surface area contributed by atoms with E-state index in [9.17, 15) is 9.59 Å². The standard InChI is InChI=1S/C22H21ClN4O4S/c1-5-17(28)26-15-9-7-6-8-13(15)18-20(29)24-22(32-4)25-27(18)21(26)12-10-14(23)19(31-3)16(11-12)30-2/h6-11,21H,5H2,1-4H3/p+1. The Morgan fingerprint density at radius 3 is 2.69 bits per heavy atom. The van der Waals surface area contributed by atoms with E-state index in [0.717, 1.165) is 0 Å². The number of H-pyrrole nitrogens is 1. The number of nitrogens with one attached hydrogen (secondary N) is 1. The minimum Gasteiger partial charge on any atom is -0.493 e. The van der Waals surface area contributed by atoms with Gasteiger partial charge in [-0.25, -0.2) is 4.90 Å². The Hall–Kier alpha value is -3.04. The van der Waals surface area contributed by atoms with E-state index >= 15 is 0 Å². The second kappa shape index (κ2) is 8.84. The van der Waals surface area contributed by atoms with Crippen LogP contribution in [0, 0.1) is 0 Å². The van der Waals surface area contributed by atoms with Gasteiger partial charge in [-0.2, -0.15) is 0 Å². The van der Waals surface area contributed by atoms with Gasteiger partial charge in [0, 0.05) is 11.5 Å². The first-order valence-electron chi connectivity index (χ1n) is 9.88. The monoisotopic (exact) mass is 473 g/mol. The summed E-state index contributed by atoms with van der Waals surface area (Å²) in [6.45, 7) is 1.79. The van der Waals surface area contributed by atoms with Gasteiger partial charge in [0.1, 0.15) is 0 Å². The fraction of sp³-hybridized carbons (Fsp3) is 0.273. The van der Waals surface area contributed by atoms with E-state index in [0.29, 0.717) is 44.2 Å². The third kappa shape index (κ3) is 3.51. The van der Waals surface area contributed by atoms with Gasteiger partial charge in [0.05, 0.1) is 36.1 Å². The molecular formula is C22H22ClN4O4S+. The van der Waals surface area contributed by atoms with Gasteiger partial charge in [0.25, 0.3) is 6.17 Å². The van der Waals surface area contributed by atoms with Crippen LogP contribution in [0.2, 0.25) is 5.02 Å². The molecule has 1 unspecified atom stereocenters. The normalized spacial score (nSPS) is 14.5. The van der Waals surface area contributed by atoms with Crippen LogP contribution in [0.1, 0.15) is 25.1 Å². The molecular weight excluding hydrogens is 452 g/mol. The lowest BCUT2D eigenvalue weighted by molar-refractivity contribution is -0.763. The number of hydrogen-bond acceptors (Lipinski definition) is 6. The highest BCUT2D eigenvalue weighted by atomic mass is 35.5. The Bertz CT molecular complexity index is 1260. The van der Waals surface area contributed by atoms with Crippen LogP contribution in [0.5, 0.6) is 11.5 Å². The maximum atomic E-state index is 13.2. The number of carbonyl (C=O) groups excluding carboxylic acids is 1. The van der Waals surface area contributed by atoms with Gasteiger partial charge in [-0.1, -0.05) is 42.4 Å². The number of hydrogen-bond donors (Lipinski definition) is 1. The molecule has 0 aliphatic carbocycles. The lowest BCUT2D eigenvalue weighted by Crippen LogP contribution is -2.60. The summed E-state index contributed by atoms with van der Waals surface area (Å²) in [6.07, 6.45) is 1.33. The van der Waals surface area contributed by atoms with E-state index < -0.39 is 6.17 Å². The van der Waals surface area contributed by atoms with Crippen LogP contribution < -0.4 is 24.6 Å². The number of halogens is 1. The Morgan fingerprint density at radius 1 is 1.28 bits per heavy atom. The largest absolute Gasteiger partial charge is 0.493 e.